The van der Waals surface area contributed by atoms with Crippen molar-refractivity contribution in [2.45, 2.75) is 19.3 Å². The highest BCUT2D eigenvalue weighted by Gasteiger charge is 2.19. The molecule has 0 atom stereocenters. The van der Waals surface area contributed by atoms with E-state index in [2.05, 4.69) is 39.0 Å². The first kappa shape index (κ1) is 22.3. The van der Waals surface area contributed by atoms with Gasteiger partial charge in [-0.15, -0.1) is 0 Å². The number of nitrogens with zero attached hydrogens (tertiary/aromatic N) is 2. The molecule has 2 aromatic carbocycles. The van der Waals surface area contributed by atoms with Gasteiger partial charge >= 0.3 is 0 Å². The second kappa shape index (κ2) is 9.81. The smallest absolute Gasteiger partial charge is 0.195 e. The lowest BCUT2D eigenvalue weighted by Crippen LogP contribution is -2.46. The second-order valence-corrected chi connectivity index (χ2v) is 8.80. The minimum Gasteiger partial charge on any atom is -0.493 e. The van der Waals surface area contributed by atoms with Gasteiger partial charge in [-0.1, -0.05) is 6.07 Å². The normalized spacial score (nSPS) is 14.7. The van der Waals surface area contributed by atoms with Crippen LogP contribution in [0.4, 0.5) is 5.69 Å². The van der Waals surface area contributed by atoms with E-state index in [1.807, 2.05) is 6.20 Å². The van der Waals surface area contributed by atoms with Gasteiger partial charge in [0, 0.05) is 60.6 Å². The topological polar surface area (TPSA) is 70.9 Å². The molecule has 1 saturated heterocycles. The van der Waals surface area contributed by atoms with Crippen LogP contribution in [0.5, 0.6) is 11.5 Å². The van der Waals surface area contributed by atoms with E-state index < -0.39 is 0 Å². The zero-order valence-corrected chi connectivity index (χ0v) is 19.8. The standard InChI is InChI=1S/C27H31N3O4/c1-32-25-16-21-24(17-26(25)33-2)34-18-19(27(21)31)6-3-4-11-29-12-14-30(15-13-29)23-8-5-7-22-20(23)9-10-28-22/h5,7-10,16-18,28H,3-4,6,11-15H2,1-2H3. The third-order valence-electron chi connectivity index (χ3n) is 6.81. The average Bonchev–Trinajstić information content (AvgIpc) is 3.36. The highest BCUT2D eigenvalue weighted by molar-refractivity contribution is 5.92. The van der Waals surface area contributed by atoms with Gasteiger partial charge in [0.25, 0.3) is 0 Å². The van der Waals surface area contributed by atoms with Gasteiger partial charge in [-0.2, -0.15) is 0 Å². The van der Waals surface area contributed by atoms with Crippen molar-refractivity contribution < 1.29 is 13.9 Å². The molecule has 34 heavy (non-hydrogen) atoms. The third kappa shape index (κ3) is 4.35. The molecule has 1 aliphatic rings. The monoisotopic (exact) mass is 461 g/mol. The molecular formula is C27H31N3O4. The average molecular weight is 462 g/mol. The molecule has 1 aliphatic heterocycles. The van der Waals surface area contributed by atoms with Gasteiger partial charge in [-0.3, -0.25) is 9.69 Å². The summed E-state index contributed by atoms with van der Waals surface area (Å²) in [6.07, 6.45) is 6.32. The third-order valence-corrected chi connectivity index (χ3v) is 6.81. The molecular weight excluding hydrogens is 430 g/mol. The summed E-state index contributed by atoms with van der Waals surface area (Å²) in [5.41, 5.74) is 3.74. The summed E-state index contributed by atoms with van der Waals surface area (Å²) in [5.74, 6) is 1.09. The number of H-pyrrole nitrogens is 1. The van der Waals surface area contributed by atoms with E-state index in [1.165, 1.54) is 16.6 Å². The van der Waals surface area contributed by atoms with E-state index in [0.29, 0.717) is 34.5 Å². The molecule has 0 radical (unpaired) electrons. The number of hydrogen-bond donors (Lipinski definition) is 1. The molecule has 4 aromatic rings. The molecule has 0 aliphatic carbocycles. The largest absolute Gasteiger partial charge is 0.493 e. The highest BCUT2D eigenvalue weighted by Crippen LogP contribution is 2.31. The number of hydrogen-bond acceptors (Lipinski definition) is 6. The Morgan fingerprint density at radius 2 is 1.76 bits per heavy atom. The van der Waals surface area contributed by atoms with Gasteiger partial charge in [-0.05, 0) is 50.1 Å². The molecule has 1 N–H and O–H groups in total. The molecule has 178 valence electrons. The minimum absolute atomic E-state index is 0.00903. The van der Waals surface area contributed by atoms with E-state index in [1.54, 1.807) is 32.6 Å². The summed E-state index contributed by atoms with van der Waals surface area (Å²) in [7, 11) is 3.13. The Hall–Kier alpha value is -3.45. The lowest BCUT2D eigenvalue weighted by molar-refractivity contribution is 0.253. The fourth-order valence-corrected chi connectivity index (χ4v) is 4.88. The predicted molar refractivity (Wildman–Crippen MR) is 135 cm³/mol. The fraction of sp³-hybridized carbons (Fsp3) is 0.370. The van der Waals surface area contributed by atoms with Crippen molar-refractivity contribution in [2.24, 2.45) is 0 Å². The number of fused-ring (bicyclic) bond motifs is 2. The van der Waals surface area contributed by atoms with E-state index >= 15 is 0 Å². The number of anilines is 1. The van der Waals surface area contributed by atoms with Gasteiger partial charge in [0.1, 0.15) is 5.58 Å². The molecule has 0 spiro atoms. The van der Waals surface area contributed by atoms with Crippen molar-refractivity contribution in [3.05, 3.63) is 64.6 Å². The first-order valence-corrected chi connectivity index (χ1v) is 11.9. The van der Waals surface area contributed by atoms with Gasteiger partial charge in [0.2, 0.25) is 0 Å². The first-order chi connectivity index (χ1) is 16.7. The second-order valence-electron chi connectivity index (χ2n) is 8.80. The number of aromatic amines is 1. The molecule has 0 unspecified atom stereocenters. The van der Waals surface area contributed by atoms with Crippen molar-refractivity contribution in [1.29, 1.82) is 0 Å². The Kier molecular flexibility index (Phi) is 6.45. The molecule has 0 amide bonds. The Morgan fingerprint density at radius 3 is 2.56 bits per heavy atom. The van der Waals surface area contributed by atoms with Crippen LogP contribution in [-0.2, 0) is 6.42 Å². The molecule has 5 rings (SSSR count). The van der Waals surface area contributed by atoms with Crippen LogP contribution in [0.15, 0.2) is 58.1 Å². The summed E-state index contributed by atoms with van der Waals surface area (Å²) in [6.45, 7) is 5.22. The summed E-state index contributed by atoms with van der Waals surface area (Å²) in [4.78, 5) is 21.3. The molecule has 0 saturated carbocycles. The number of ether oxygens (including phenoxy) is 2. The number of unbranched alkanes of at least 4 members (excludes halogenated alkanes) is 1. The van der Waals surface area contributed by atoms with Gasteiger partial charge in [0.15, 0.2) is 16.9 Å². The quantitative estimate of drug-likeness (QED) is 0.391. The van der Waals surface area contributed by atoms with Crippen molar-refractivity contribution in [1.82, 2.24) is 9.88 Å². The summed E-state index contributed by atoms with van der Waals surface area (Å²) < 4.78 is 16.4. The van der Waals surface area contributed by atoms with Crippen LogP contribution in [0.1, 0.15) is 18.4 Å². The van der Waals surface area contributed by atoms with Gasteiger partial charge in [0.05, 0.1) is 25.9 Å². The van der Waals surface area contributed by atoms with Crippen LogP contribution < -0.4 is 19.8 Å². The van der Waals surface area contributed by atoms with Crippen LogP contribution in [-0.4, -0.2) is 56.8 Å². The van der Waals surface area contributed by atoms with Crippen molar-refractivity contribution in [2.75, 3.05) is 51.8 Å². The van der Waals surface area contributed by atoms with E-state index in [4.69, 9.17) is 13.9 Å². The number of piperazine rings is 1. The molecule has 0 bridgehead atoms. The Morgan fingerprint density at radius 1 is 0.971 bits per heavy atom. The van der Waals surface area contributed by atoms with Crippen LogP contribution >= 0.6 is 0 Å². The van der Waals surface area contributed by atoms with Crippen LogP contribution in [0.25, 0.3) is 21.9 Å². The summed E-state index contributed by atoms with van der Waals surface area (Å²) in [5, 5.41) is 1.82. The maximum Gasteiger partial charge on any atom is 0.195 e. The number of aromatic nitrogens is 1. The van der Waals surface area contributed by atoms with E-state index in [9.17, 15) is 4.79 Å². The summed E-state index contributed by atoms with van der Waals surface area (Å²) >= 11 is 0. The van der Waals surface area contributed by atoms with Crippen molar-refractivity contribution in [3.8, 4) is 11.5 Å². The maximum atomic E-state index is 13.0. The molecule has 2 aromatic heterocycles. The fourth-order valence-electron chi connectivity index (χ4n) is 4.88. The molecule has 7 heteroatoms. The summed E-state index contributed by atoms with van der Waals surface area (Å²) in [6, 6.07) is 12.0. The van der Waals surface area contributed by atoms with Crippen molar-refractivity contribution in [3.63, 3.8) is 0 Å². The molecule has 7 nitrogen and oxygen atoms in total. The van der Waals surface area contributed by atoms with E-state index in [0.717, 1.165) is 45.6 Å². The number of benzene rings is 2. The maximum absolute atomic E-state index is 13.0. The Bertz CT molecular complexity index is 1330. The molecule has 1 fully saturated rings. The lowest BCUT2D eigenvalue weighted by Gasteiger charge is -2.36. The highest BCUT2D eigenvalue weighted by atomic mass is 16.5. The minimum atomic E-state index is 0.00903. The SMILES string of the molecule is COc1cc2occ(CCCCN3CCN(c4cccc5[nH]ccc45)CC3)c(=O)c2cc1OC. The van der Waals surface area contributed by atoms with Crippen molar-refractivity contribution >= 4 is 27.6 Å². The van der Waals surface area contributed by atoms with Gasteiger partial charge < -0.3 is 23.8 Å². The Labute approximate surface area is 198 Å². The van der Waals surface area contributed by atoms with Crippen LogP contribution in [0, 0.1) is 0 Å². The zero-order valence-electron chi connectivity index (χ0n) is 19.8. The number of rotatable bonds is 8. The zero-order chi connectivity index (χ0) is 23.5. The molecule has 3 heterocycles. The number of aryl methyl sites for hydroxylation is 1. The van der Waals surface area contributed by atoms with Crippen LogP contribution in [0.3, 0.4) is 0 Å². The Balaban J connectivity index is 1.14. The first-order valence-electron chi connectivity index (χ1n) is 11.9. The number of nitrogens with one attached hydrogen (secondary N) is 1. The van der Waals surface area contributed by atoms with Gasteiger partial charge in [-0.25, -0.2) is 0 Å². The lowest BCUT2D eigenvalue weighted by atomic mass is 10.1. The number of methoxy groups -OCH3 is 2. The predicted octanol–water partition coefficient (Wildman–Crippen LogP) is 4.44. The van der Waals surface area contributed by atoms with Crippen LogP contribution in [0.2, 0.25) is 0 Å². The van der Waals surface area contributed by atoms with E-state index in [-0.39, 0.29) is 5.43 Å².